The number of carbonyl (C=O) groups is 1. The van der Waals surface area contributed by atoms with Crippen LogP contribution in [0.2, 0.25) is 5.02 Å². The fraction of sp³-hybridized carbons (Fsp3) is 0.350. The number of anilines is 1. The molecule has 0 aromatic heterocycles. The summed E-state index contributed by atoms with van der Waals surface area (Å²) in [6.07, 6.45) is -0.510. The number of rotatable bonds is 4. The molecular weight excluding hydrogens is 336 g/mol. The summed E-state index contributed by atoms with van der Waals surface area (Å²) < 4.78 is 5.81. The van der Waals surface area contributed by atoms with Crippen molar-refractivity contribution in [3.05, 3.63) is 59.1 Å². The molecule has 1 fully saturated rings. The maximum Gasteiger partial charge on any atom is 0.263 e. The van der Waals surface area contributed by atoms with Crippen LogP contribution in [0.15, 0.2) is 48.5 Å². The lowest BCUT2D eigenvalue weighted by Gasteiger charge is -2.37. The van der Waals surface area contributed by atoms with E-state index in [0.717, 1.165) is 18.7 Å². The summed E-state index contributed by atoms with van der Waals surface area (Å²) >= 11 is 6.03. The van der Waals surface area contributed by atoms with Gasteiger partial charge < -0.3 is 14.5 Å². The Balaban J connectivity index is 1.55. The highest BCUT2D eigenvalue weighted by Gasteiger charge is 2.26. The van der Waals surface area contributed by atoms with Crippen molar-refractivity contribution in [2.45, 2.75) is 20.0 Å². The van der Waals surface area contributed by atoms with Crippen LogP contribution in [0.3, 0.4) is 0 Å². The number of aryl methyl sites for hydroxylation is 1. The van der Waals surface area contributed by atoms with Gasteiger partial charge in [-0.2, -0.15) is 0 Å². The van der Waals surface area contributed by atoms with E-state index in [2.05, 4.69) is 17.0 Å². The summed E-state index contributed by atoms with van der Waals surface area (Å²) in [6.45, 7) is 6.81. The van der Waals surface area contributed by atoms with E-state index >= 15 is 0 Å². The number of nitrogens with zero attached hydrogens (tertiary/aromatic N) is 2. The summed E-state index contributed by atoms with van der Waals surface area (Å²) in [5, 5.41) is 0.698. The number of ether oxygens (including phenoxy) is 1. The molecule has 2 aromatic carbocycles. The lowest BCUT2D eigenvalue weighted by Crippen LogP contribution is -2.52. The second kappa shape index (κ2) is 7.79. The Morgan fingerprint density at radius 1 is 1.08 bits per heavy atom. The van der Waals surface area contributed by atoms with Gasteiger partial charge in [0.2, 0.25) is 0 Å². The minimum atomic E-state index is -0.510. The van der Waals surface area contributed by atoms with Gasteiger partial charge in [-0.15, -0.1) is 0 Å². The van der Waals surface area contributed by atoms with Gasteiger partial charge in [-0.05, 0) is 49.7 Å². The maximum absolute atomic E-state index is 12.7. The van der Waals surface area contributed by atoms with E-state index < -0.39 is 6.10 Å². The Kier molecular flexibility index (Phi) is 5.49. The third kappa shape index (κ3) is 4.26. The van der Waals surface area contributed by atoms with Crippen molar-refractivity contribution in [3.8, 4) is 5.75 Å². The minimum absolute atomic E-state index is 0.0281. The molecule has 0 bridgehead atoms. The molecule has 5 heteroatoms. The second-order valence-electron chi connectivity index (χ2n) is 6.32. The van der Waals surface area contributed by atoms with Gasteiger partial charge in [0, 0.05) is 36.9 Å². The van der Waals surface area contributed by atoms with Gasteiger partial charge in [-0.25, -0.2) is 0 Å². The molecule has 0 N–H and O–H groups in total. The van der Waals surface area contributed by atoms with Crippen LogP contribution in [-0.2, 0) is 4.79 Å². The normalized spacial score (nSPS) is 15.8. The van der Waals surface area contributed by atoms with Gasteiger partial charge in [0.05, 0.1) is 0 Å². The number of para-hydroxylation sites is 1. The van der Waals surface area contributed by atoms with Gasteiger partial charge in [0.1, 0.15) is 5.75 Å². The van der Waals surface area contributed by atoms with Crippen LogP contribution in [0, 0.1) is 6.92 Å². The lowest BCUT2D eigenvalue weighted by atomic mass is 10.2. The quantitative estimate of drug-likeness (QED) is 0.834. The molecule has 1 heterocycles. The minimum Gasteiger partial charge on any atom is -0.481 e. The summed E-state index contributed by atoms with van der Waals surface area (Å²) in [5.74, 6) is 0.700. The first-order valence-corrected chi connectivity index (χ1v) is 8.94. The number of hydrogen-bond acceptors (Lipinski definition) is 3. The lowest BCUT2D eigenvalue weighted by molar-refractivity contribution is -0.138. The van der Waals surface area contributed by atoms with Crippen molar-refractivity contribution in [2.24, 2.45) is 0 Å². The number of benzene rings is 2. The van der Waals surface area contributed by atoms with Gasteiger partial charge in [0.15, 0.2) is 6.10 Å². The van der Waals surface area contributed by atoms with E-state index in [0.29, 0.717) is 23.9 Å². The molecule has 1 saturated heterocycles. The summed E-state index contributed by atoms with van der Waals surface area (Å²) in [6, 6.07) is 15.8. The fourth-order valence-electron chi connectivity index (χ4n) is 3.03. The first kappa shape index (κ1) is 17.6. The molecule has 2 aromatic rings. The van der Waals surface area contributed by atoms with E-state index in [9.17, 15) is 4.79 Å². The molecule has 0 saturated carbocycles. The van der Waals surface area contributed by atoms with Crippen LogP contribution in [0.25, 0.3) is 0 Å². The number of piperazine rings is 1. The second-order valence-corrected chi connectivity index (χ2v) is 6.73. The number of halogens is 1. The first-order valence-electron chi connectivity index (χ1n) is 8.56. The molecule has 3 rings (SSSR count). The monoisotopic (exact) mass is 358 g/mol. The zero-order valence-electron chi connectivity index (χ0n) is 14.6. The largest absolute Gasteiger partial charge is 0.481 e. The van der Waals surface area contributed by atoms with Crippen molar-refractivity contribution >= 4 is 23.2 Å². The predicted octanol–water partition coefficient (Wildman–Crippen LogP) is 3.76. The van der Waals surface area contributed by atoms with Gasteiger partial charge in [-0.3, -0.25) is 4.79 Å². The molecular formula is C20H23ClN2O2. The molecule has 0 spiro atoms. The third-order valence-corrected chi connectivity index (χ3v) is 4.93. The van der Waals surface area contributed by atoms with Crippen LogP contribution in [-0.4, -0.2) is 43.1 Å². The van der Waals surface area contributed by atoms with E-state index in [-0.39, 0.29) is 5.91 Å². The number of carbonyl (C=O) groups excluding carboxylic acids is 1. The topological polar surface area (TPSA) is 32.8 Å². The number of hydrogen-bond donors (Lipinski definition) is 0. The van der Waals surface area contributed by atoms with E-state index in [4.69, 9.17) is 16.3 Å². The summed E-state index contributed by atoms with van der Waals surface area (Å²) in [5.41, 5.74) is 2.14. The molecule has 0 aliphatic carbocycles. The molecule has 0 radical (unpaired) electrons. The van der Waals surface area contributed by atoms with Crippen LogP contribution >= 0.6 is 11.6 Å². The summed E-state index contributed by atoms with van der Waals surface area (Å²) in [7, 11) is 0. The predicted molar refractivity (Wildman–Crippen MR) is 102 cm³/mol. The molecule has 25 heavy (non-hydrogen) atoms. The van der Waals surface area contributed by atoms with Gasteiger partial charge >= 0.3 is 0 Å². The highest BCUT2D eigenvalue weighted by molar-refractivity contribution is 6.31. The Morgan fingerprint density at radius 2 is 1.76 bits per heavy atom. The molecule has 4 nitrogen and oxygen atoms in total. The van der Waals surface area contributed by atoms with Crippen molar-refractivity contribution in [3.63, 3.8) is 0 Å². The Bertz CT molecular complexity index is 728. The van der Waals surface area contributed by atoms with E-state index in [1.165, 1.54) is 5.69 Å². The van der Waals surface area contributed by atoms with Gasteiger partial charge in [0.25, 0.3) is 5.91 Å². The van der Waals surface area contributed by atoms with Crippen LogP contribution in [0.1, 0.15) is 12.5 Å². The van der Waals surface area contributed by atoms with E-state index in [1.807, 2.05) is 36.1 Å². The zero-order valence-corrected chi connectivity index (χ0v) is 15.4. The van der Waals surface area contributed by atoms with Crippen molar-refractivity contribution in [2.75, 3.05) is 31.1 Å². The first-order chi connectivity index (χ1) is 12.0. The third-order valence-electron chi connectivity index (χ3n) is 4.50. The molecule has 1 atom stereocenters. The van der Waals surface area contributed by atoms with Crippen LogP contribution in [0.4, 0.5) is 5.69 Å². The van der Waals surface area contributed by atoms with Crippen molar-refractivity contribution in [1.82, 2.24) is 4.90 Å². The molecule has 1 amide bonds. The highest BCUT2D eigenvalue weighted by Crippen LogP contribution is 2.22. The molecule has 1 aliphatic rings. The Hall–Kier alpha value is -2.20. The maximum atomic E-state index is 12.7. The standard InChI is InChI=1S/C20H23ClN2O2/c1-15-14-18(8-9-19(15)21)25-16(2)20(24)23-12-10-22(11-13-23)17-6-4-3-5-7-17/h3-9,14,16H,10-13H2,1-2H3. The molecule has 1 aliphatic heterocycles. The average Bonchev–Trinajstić information content (AvgIpc) is 2.65. The van der Waals surface area contributed by atoms with Crippen LogP contribution < -0.4 is 9.64 Å². The van der Waals surface area contributed by atoms with Crippen molar-refractivity contribution < 1.29 is 9.53 Å². The Morgan fingerprint density at radius 3 is 2.40 bits per heavy atom. The molecule has 1 unspecified atom stereocenters. The smallest absolute Gasteiger partial charge is 0.263 e. The van der Waals surface area contributed by atoms with E-state index in [1.54, 1.807) is 19.1 Å². The Labute approximate surface area is 154 Å². The zero-order chi connectivity index (χ0) is 17.8. The molecule has 132 valence electrons. The fourth-order valence-corrected chi connectivity index (χ4v) is 3.14. The summed E-state index contributed by atoms with van der Waals surface area (Å²) in [4.78, 5) is 16.8. The van der Waals surface area contributed by atoms with Crippen molar-refractivity contribution in [1.29, 1.82) is 0 Å². The average molecular weight is 359 g/mol. The highest BCUT2D eigenvalue weighted by atomic mass is 35.5. The van der Waals surface area contributed by atoms with Crippen LogP contribution in [0.5, 0.6) is 5.75 Å². The van der Waals surface area contributed by atoms with Gasteiger partial charge in [-0.1, -0.05) is 29.8 Å². The number of amides is 1. The SMILES string of the molecule is Cc1cc(OC(C)C(=O)N2CCN(c3ccccc3)CC2)ccc1Cl.